The normalized spacial score (nSPS) is 11.0. The van der Waals surface area contributed by atoms with Crippen molar-refractivity contribution in [2.75, 3.05) is 5.32 Å². The second kappa shape index (κ2) is 7.49. The molecule has 0 aromatic heterocycles. The largest absolute Gasteiger partial charge is 0.344 e. The van der Waals surface area contributed by atoms with Gasteiger partial charge in [-0.3, -0.25) is 9.59 Å². The fourth-order valence-electron chi connectivity index (χ4n) is 2.13. The first-order valence-corrected chi connectivity index (χ1v) is 8.08. The number of anilines is 1. The summed E-state index contributed by atoms with van der Waals surface area (Å²) in [6, 6.07) is 14.7. The van der Waals surface area contributed by atoms with E-state index in [-0.39, 0.29) is 5.41 Å². The average molecular weight is 345 g/mol. The van der Waals surface area contributed by atoms with Gasteiger partial charge in [-0.05, 0) is 28.7 Å². The first-order valence-electron chi connectivity index (χ1n) is 7.70. The molecule has 0 atom stereocenters. The molecule has 0 aliphatic heterocycles. The highest BCUT2D eigenvalue weighted by Gasteiger charge is 2.15. The first-order chi connectivity index (χ1) is 11.3. The van der Waals surface area contributed by atoms with Crippen molar-refractivity contribution in [3.05, 3.63) is 64.7 Å². The van der Waals surface area contributed by atoms with Gasteiger partial charge in [-0.25, -0.2) is 0 Å². The zero-order valence-corrected chi connectivity index (χ0v) is 14.8. The summed E-state index contributed by atoms with van der Waals surface area (Å²) in [5.74, 6) is -1.44. The lowest BCUT2D eigenvalue weighted by molar-refractivity contribution is -0.136. The number of rotatable bonds is 3. The molecule has 2 aromatic rings. The SMILES string of the molecule is CC(C)(C)c1ccc(CNC(=O)C(=O)Nc2ccccc2Cl)cc1. The highest BCUT2D eigenvalue weighted by atomic mass is 35.5. The Morgan fingerprint density at radius 2 is 1.58 bits per heavy atom. The van der Waals surface area contributed by atoms with E-state index in [1.54, 1.807) is 24.3 Å². The standard InChI is InChI=1S/C19H21ClN2O2/c1-19(2,3)14-10-8-13(9-11-14)12-21-17(23)18(24)22-16-7-5-4-6-15(16)20/h4-11H,12H2,1-3H3,(H,21,23)(H,22,24). The van der Waals surface area contributed by atoms with Crippen molar-refractivity contribution in [3.63, 3.8) is 0 Å². The minimum absolute atomic E-state index is 0.0800. The van der Waals surface area contributed by atoms with Gasteiger partial charge in [-0.15, -0.1) is 0 Å². The summed E-state index contributed by atoms with van der Waals surface area (Å²) in [6.45, 7) is 6.72. The molecule has 0 spiro atoms. The van der Waals surface area contributed by atoms with Crippen molar-refractivity contribution in [2.45, 2.75) is 32.7 Å². The molecule has 2 rings (SSSR count). The topological polar surface area (TPSA) is 58.2 Å². The van der Waals surface area contributed by atoms with Gasteiger partial charge in [0.15, 0.2) is 0 Å². The summed E-state index contributed by atoms with van der Waals surface area (Å²) < 4.78 is 0. The van der Waals surface area contributed by atoms with Gasteiger partial charge in [0, 0.05) is 6.54 Å². The molecule has 0 aliphatic carbocycles. The average Bonchev–Trinajstić information content (AvgIpc) is 2.54. The number of para-hydroxylation sites is 1. The second-order valence-corrected chi connectivity index (χ2v) is 6.97. The monoisotopic (exact) mass is 344 g/mol. The third-order valence-electron chi connectivity index (χ3n) is 3.60. The summed E-state index contributed by atoms with van der Waals surface area (Å²) in [6.07, 6.45) is 0. The maximum Gasteiger partial charge on any atom is 0.313 e. The number of hydrogen-bond acceptors (Lipinski definition) is 2. The number of halogens is 1. The predicted molar refractivity (Wildman–Crippen MR) is 97.1 cm³/mol. The molecule has 4 nitrogen and oxygen atoms in total. The van der Waals surface area contributed by atoms with Gasteiger partial charge in [0.2, 0.25) is 0 Å². The van der Waals surface area contributed by atoms with Crippen molar-refractivity contribution >= 4 is 29.1 Å². The van der Waals surface area contributed by atoms with Crippen LogP contribution < -0.4 is 10.6 Å². The highest BCUT2D eigenvalue weighted by molar-refractivity contribution is 6.41. The van der Waals surface area contributed by atoms with Crippen molar-refractivity contribution in [1.29, 1.82) is 0 Å². The quantitative estimate of drug-likeness (QED) is 0.830. The van der Waals surface area contributed by atoms with Gasteiger partial charge in [-0.2, -0.15) is 0 Å². The van der Waals surface area contributed by atoms with E-state index in [1.165, 1.54) is 5.56 Å². The number of benzene rings is 2. The minimum Gasteiger partial charge on any atom is -0.344 e. The number of carbonyl (C=O) groups excluding carboxylic acids is 2. The Labute approximate surface area is 147 Å². The van der Waals surface area contributed by atoms with Gasteiger partial charge in [-0.1, -0.05) is 68.8 Å². The molecule has 0 aliphatic rings. The molecular formula is C19H21ClN2O2. The van der Waals surface area contributed by atoms with E-state index in [2.05, 4.69) is 31.4 Å². The second-order valence-electron chi connectivity index (χ2n) is 6.56. The van der Waals surface area contributed by atoms with Crippen LogP contribution in [0, 0.1) is 0 Å². The van der Waals surface area contributed by atoms with Crippen molar-refractivity contribution < 1.29 is 9.59 Å². The van der Waals surface area contributed by atoms with E-state index in [0.29, 0.717) is 17.3 Å². The lowest BCUT2D eigenvalue weighted by Gasteiger charge is -2.19. The summed E-state index contributed by atoms with van der Waals surface area (Å²) in [7, 11) is 0. The van der Waals surface area contributed by atoms with Crippen LogP contribution in [0.2, 0.25) is 5.02 Å². The van der Waals surface area contributed by atoms with Gasteiger partial charge >= 0.3 is 11.8 Å². The Kier molecular flexibility index (Phi) is 5.62. The first kappa shape index (κ1) is 18.0. The van der Waals surface area contributed by atoms with Crippen molar-refractivity contribution in [3.8, 4) is 0 Å². The molecule has 0 bridgehead atoms. The molecule has 0 fully saturated rings. The molecule has 0 radical (unpaired) electrons. The summed E-state index contributed by atoms with van der Waals surface area (Å²) >= 11 is 5.95. The molecule has 2 amide bonds. The smallest absolute Gasteiger partial charge is 0.313 e. The van der Waals surface area contributed by atoms with Crippen LogP contribution in [0.15, 0.2) is 48.5 Å². The van der Waals surface area contributed by atoms with E-state index >= 15 is 0 Å². The highest BCUT2D eigenvalue weighted by Crippen LogP contribution is 2.22. The molecule has 2 N–H and O–H groups in total. The molecule has 0 saturated heterocycles. The Bertz CT molecular complexity index is 734. The van der Waals surface area contributed by atoms with Crippen LogP contribution >= 0.6 is 11.6 Å². The van der Waals surface area contributed by atoms with E-state index < -0.39 is 11.8 Å². The van der Waals surface area contributed by atoms with E-state index in [4.69, 9.17) is 11.6 Å². The summed E-state index contributed by atoms with van der Waals surface area (Å²) in [5.41, 5.74) is 2.64. The maximum atomic E-state index is 11.9. The van der Waals surface area contributed by atoms with Crippen LogP contribution in [-0.2, 0) is 21.5 Å². The van der Waals surface area contributed by atoms with E-state index in [0.717, 1.165) is 5.56 Å². The molecule has 2 aromatic carbocycles. The number of nitrogens with one attached hydrogen (secondary N) is 2. The third kappa shape index (κ3) is 4.83. The summed E-state index contributed by atoms with van der Waals surface area (Å²) in [5, 5.41) is 5.48. The molecule has 126 valence electrons. The van der Waals surface area contributed by atoms with Gasteiger partial charge in [0.25, 0.3) is 0 Å². The summed E-state index contributed by atoms with van der Waals surface area (Å²) in [4.78, 5) is 23.8. The fraction of sp³-hybridized carbons (Fsp3) is 0.263. The van der Waals surface area contributed by atoms with E-state index in [9.17, 15) is 9.59 Å². The van der Waals surface area contributed by atoms with Gasteiger partial charge in [0.1, 0.15) is 0 Å². The van der Waals surface area contributed by atoms with Gasteiger partial charge in [0.05, 0.1) is 10.7 Å². The van der Waals surface area contributed by atoms with Crippen LogP contribution in [0.25, 0.3) is 0 Å². The van der Waals surface area contributed by atoms with Crippen LogP contribution in [0.3, 0.4) is 0 Å². The lowest BCUT2D eigenvalue weighted by Crippen LogP contribution is -2.35. The van der Waals surface area contributed by atoms with Crippen LogP contribution in [0.4, 0.5) is 5.69 Å². The van der Waals surface area contributed by atoms with Gasteiger partial charge < -0.3 is 10.6 Å². The Balaban J connectivity index is 1.91. The maximum absolute atomic E-state index is 11.9. The van der Waals surface area contributed by atoms with Crippen LogP contribution in [-0.4, -0.2) is 11.8 Å². The predicted octanol–water partition coefficient (Wildman–Crippen LogP) is 3.89. The number of amides is 2. The fourth-order valence-corrected chi connectivity index (χ4v) is 2.31. The molecule has 24 heavy (non-hydrogen) atoms. The van der Waals surface area contributed by atoms with Crippen molar-refractivity contribution in [1.82, 2.24) is 5.32 Å². The third-order valence-corrected chi connectivity index (χ3v) is 3.93. The molecule has 5 heteroatoms. The van der Waals surface area contributed by atoms with Crippen LogP contribution in [0.5, 0.6) is 0 Å². The zero-order chi connectivity index (χ0) is 17.7. The molecule has 0 heterocycles. The van der Waals surface area contributed by atoms with Crippen molar-refractivity contribution in [2.24, 2.45) is 0 Å². The Morgan fingerprint density at radius 3 is 2.17 bits per heavy atom. The number of hydrogen-bond donors (Lipinski definition) is 2. The zero-order valence-electron chi connectivity index (χ0n) is 14.0. The lowest BCUT2D eigenvalue weighted by atomic mass is 9.87. The number of carbonyl (C=O) groups is 2. The molecule has 0 saturated carbocycles. The Hall–Kier alpha value is -2.33. The minimum atomic E-state index is -0.741. The molecular weight excluding hydrogens is 324 g/mol. The Morgan fingerprint density at radius 1 is 0.958 bits per heavy atom. The van der Waals surface area contributed by atoms with E-state index in [1.807, 2.05) is 24.3 Å². The van der Waals surface area contributed by atoms with Crippen LogP contribution in [0.1, 0.15) is 31.9 Å². The molecule has 0 unspecified atom stereocenters.